The third-order valence-electron chi connectivity index (χ3n) is 5.99. The van der Waals surface area contributed by atoms with Crippen molar-refractivity contribution in [1.29, 1.82) is 0 Å². The van der Waals surface area contributed by atoms with E-state index in [9.17, 15) is 19.2 Å². The number of thiophene rings is 1. The van der Waals surface area contributed by atoms with Crippen molar-refractivity contribution in [2.45, 2.75) is 78.1 Å². The summed E-state index contributed by atoms with van der Waals surface area (Å²) in [6, 6.07) is -0.890. The number of aromatic nitrogens is 2. The van der Waals surface area contributed by atoms with E-state index < -0.39 is 23.3 Å². The van der Waals surface area contributed by atoms with E-state index >= 15 is 0 Å². The number of urea groups is 1. The van der Waals surface area contributed by atoms with Crippen LogP contribution in [0, 0.1) is 6.92 Å². The van der Waals surface area contributed by atoms with Gasteiger partial charge in [-0.1, -0.05) is 0 Å². The maximum atomic E-state index is 13.5. The van der Waals surface area contributed by atoms with Gasteiger partial charge in [-0.05, 0) is 59.4 Å². The van der Waals surface area contributed by atoms with Crippen LogP contribution in [-0.2, 0) is 28.1 Å². The first kappa shape index (κ1) is 25.8. The SMILES string of the molecule is COCCn1c(=O)n(C2(C)CCC2)c(=O)c2c(C)c(CN(NC(=O)OC(C)(C)C)C(N)=O)sc21. The molecule has 1 fully saturated rings. The first-order chi connectivity index (χ1) is 15.8. The van der Waals surface area contributed by atoms with Crippen LogP contribution in [0.25, 0.3) is 10.2 Å². The van der Waals surface area contributed by atoms with Crippen LogP contribution in [0.1, 0.15) is 57.4 Å². The van der Waals surface area contributed by atoms with Gasteiger partial charge in [-0.25, -0.2) is 24.8 Å². The lowest BCUT2D eigenvalue weighted by molar-refractivity contribution is 0.0376. The number of methoxy groups -OCH3 is 1. The second-order valence-electron chi connectivity index (χ2n) is 9.79. The minimum absolute atomic E-state index is 0.0884. The van der Waals surface area contributed by atoms with Crippen LogP contribution < -0.4 is 22.4 Å². The smallest absolute Gasteiger partial charge is 0.426 e. The van der Waals surface area contributed by atoms with Gasteiger partial charge < -0.3 is 15.2 Å². The summed E-state index contributed by atoms with van der Waals surface area (Å²) >= 11 is 1.21. The van der Waals surface area contributed by atoms with E-state index in [1.54, 1.807) is 39.4 Å². The molecule has 0 aliphatic heterocycles. The number of ether oxygens (including phenoxy) is 2. The second kappa shape index (κ2) is 9.41. The van der Waals surface area contributed by atoms with Crippen LogP contribution in [0.3, 0.4) is 0 Å². The molecular weight excluding hydrogens is 462 g/mol. The molecule has 11 nitrogen and oxygen atoms in total. The van der Waals surface area contributed by atoms with E-state index in [0.717, 1.165) is 24.3 Å². The molecule has 34 heavy (non-hydrogen) atoms. The van der Waals surface area contributed by atoms with Gasteiger partial charge in [0.25, 0.3) is 5.56 Å². The highest BCUT2D eigenvalue weighted by Gasteiger charge is 2.38. The highest BCUT2D eigenvalue weighted by Crippen LogP contribution is 2.37. The molecule has 0 radical (unpaired) electrons. The second-order valence-corrected chi connectivity index (χ2v) is 10.9. The average Bonchev–Trinajstić information content (AvgIpc) is 3.01. The summed E-state index contributed by atoms with van der Waals surface area (Å²) in [5.74, 6) is 0. The Hall–Kier alpha value is -2.86. The van der Waals surface area contributed by atoms with E-state index in [1.165, 1.54) is 15.9 Å². The van der Waals surface area contributed by atoms with Gasteiger partial charge in [0.05, 0.1) is 25.1 Å². The van der Waals surface area contributed by atoms with Gasteiger partial charge in [0, 0.05) is 17.5 Å². The Kier molecular flexibility index (Phi) is 7.13. The van der Waals surface area contributed by atoms with Gasteiger partial charge in [0.1, 0.15) is 10.4 Å². The van der Waals surface area contributed by atoms with Crippen molar-refractivity contribution in [2.24, 2.45) is 5.73 Å². The zero-order chi connectivity index (χ0) is 25.4. The maximum Gasteiger partial charge on any atom is 0.426 e. The standard InChI is InChI=1S/C22H33N5O6S/c1-13-14(12-26(18(23)29)24-19(30)33-21(2,3)4)34-17-15(13)16(28)27(22(5)8-7-9-22)20(31)25(17)10-11-32-6/h7-12H2,1-6H3,(H2,23,29)(H,24,30). The Labute approximate surface area is 201 Å². The molecule has 2 aromatic heterocycles. The van der Waals surface area contributed by atoms with Gasteiger partial charge in [-0.15, -0.1) is 11.3 Å². The summed E-state index contributed by atoms with van der Waals surface area (Å²) in [5, 5.41) is 1.35. The molecule has 0 aromatic carbocycles. The number of carbonyl (C=O) groups excluding carboxylic acids is 2. The molecule has 2 aromatic rings. The number of nitrogens with two attached hydrogens (primary N) is 1. The van der Waals surface area contributed by atoms with Gasteiger partial charge in [0.2, 0.25) is 0 Å². The molecule has 0 unspecified atom stereocenters. The van der Waals surface area contributed by atoms with Crippen molar-refractivity contribution in [1.82, 2.24) is 19.6 Å². The lowest BCUT2D eigenvalue weighted by Crippen LogP contribution is -2.53. The summed E-state index contributed by atoms with van der Waals surface area (Å²) in [6.45, 7) is 9.27. The molecule has 0 spiro atoms. The lowest BCUT2D eigenvalue weighted by Gasteiger charge is -2.39. The molecule has 3 rings (SSSR count). The van der Waals surface area contributed by atoms with Crippen molar-refractivity contribution in [3.8, 4) is 0 Å². The van der Waals surface area contributed by atoms with Crippen LogP contribution in [-0.4, -0.2) is 45.6 Å². The number of hydrogen-bond donors (Lipinski definition) is 2. The summed E-state index contributed by atoms with van der Waals surface area (Å²) in [7, 11) is 1.55. The van der Waals surface area contributed by atoms with Gasteiger partial charge >= 0.3 is 17.8 Å². The fourth-order valence-electron chi connectivity index (χ4n) is 4.04. The molecule has 3 N–H and O–H groups in total. The van der Waals surface area contributed by atoms with Gasteiger partial charge in [-0.3, -0.25) is 13.9 Å². The lowest BCUT2D eigenvalue weighted by atomic mass is 9.78. The first-order valence-electron chi connectivity index (χ1n) is 11.1. The molecule has 12 heteroatoms. The van der Waals surface area contributed by atoms with Crippen LogP contribution in [0.4, 0.5) is 9.59 Å². The van der Waals surface area contributed by atoms with Crippen LogP contribution in [0.5, 0.6) is 0 Å². The third-order valence-corrected chi connectivity index (χ3v) is 7.29. The fraction of sp³-hybridized carbons (Fsp3) is 0.636. The number of nitrogens with zero attached hydrogens (tertiary/aromatic N) is 3. The van der Waals surface area contributed by atoms with Crippen molar-refractivity contribution in [2.75, 3.05) is 13.7 Å². The number of fused-ring (bicyclic) bond motifs is 1. The highest BCUT2D eigenvalue weighted by atomic mass is 32.1. The number of hydrogen-bond acceptors (Lipinski definition) is 7. The number of hydrazine groups is 1. The summed E-state index contributed by atoms with van der Waals surface area (Å²) < 4.78 is 13.3. The zero-order valence-electron chi connectivity index (χ0n) is 20.5. The largest absolute Gasteiger partial charge is 0.443 e. The Balaban J connectivity index is 2.09. The average molecular weight is 496 g/mol. The minimum atomic E-state index is -0.890. The number of nitrogens with one attached hydrogen (secondary N) is 1. The Morgan fingerprint density at radius 2 is 1.91 bits per heavy atom. The van der Waals surface area contributed by atoms with Crippen LogP contribution in [0.2, 0.25) is 0 Å². The minimum Gasteiger partial charge on any atom is -0.443 e. The van der Waals surface area contributed by atoms with Crippen molar-refractivity contribution < 1.29 is 19.1 Å². The van der Waals surface area contributed by atoms with E-state index in [4.69, 9.17) is 15.2 Å². The van der Waals surface area contributed by atoms with E-state index in [0.29, 0.717) is 27.3 Å². The van der Waals surface area contributed by atoms with Crippen LogP contribution in [0.15, 0.2) is 9.59 Å². The predicted molar refractivity (Wildman–Crippen MR) is 129 cm³/mol. The first-order valence-corrected chi connectivity index (χ1v) is 11.9. The molecule has 0 saturated heterocycles. The monoisotopic (exact) mass is 495 g/mol. The van der Waals surface area contributed by atoms with E-state index in [2.05, 4.69) is 5.43 Å². The molecule has 1 saturated carbocycles. The maximum absolute atomic E-state index is 13.5. The molecule has 0 bridgehead atoms. The molecule has 3 amide bonds. The number of aryl methyl sites for hydroxylation is 1. The van der Waals surface area contributed by atoms with Gasteiger partial charge in [-0.2, -0.15) is 0 Å². The molecule has 1 aliphatic carbocycles. The van der Waals surface area contributed by atoms with Crippen molar-refractivity contribution >= 4 is 33.7 Å². The fourth-order valence-corrected chi connectivity index (χ4v) is 5.34. The van der Waals surface area contributed by atoms with Gasteiger partial charge in [0.15, 0.2) is 0 Å². The third kappa shape index (κ3) is 4.97. The van der Waals surface area contributed by atoms with Crippen molar-refractivity contribution in [3.05, 3.63) is 31.3 Å². The van der Waals surface area contributed by atoms with E-state index in [1.807, 2.05) is 6.92 Å². The molecule has 1 aliphatic rings. The summed E-state index contributed by atoms with van der Waals surface area (Å²) in [6.07, 6.45) is 1.63. The molecule has 2 heterocycles. The zero-order valence-corrected chi connectivity index (χ0v) is 21.3. The number of amides is 3. The Morgan fingerprint density at radius 1 is 1.26 bits per heavy atom. The Bertz CT molecular complexity index is 1220. The highest BCUT2D eigenvalue weighted by molar-refractivity contribution is 7.18. The molecule has 188 valence electrons. The van der Waals surface area contributed by atoms with Crippen molar-refractivity contribution in [3.63, 3.8) is 0 Å². The number of primary amides is 1. The summed E-state index contributed by atoms with van der Waals surface area (Å²) in [5.41, 5.74) is 6.46. The van der Waals surface area contributed by atoms with Crippen LogP contribution >= 0.6 is 11.3 Å². The quantitative estimate of drug-likeness (QED) is 0.590. The normalized spacial score (nSPS) is 15.1. The predicted octanol–water partition coefficient (Wildman–Crippen LogP) is 2.40. The Morgan fingerprint density at radius 3 is 2.41 bits per heavy atom. The number of carbonyl (C=O) groups is 2. The molecule has 0 atom stereocenters. The number of rotatable bonds is 6. The van der Waals surface area contributed by atoms with E-state index in [-0.39, 0.29) is 24.3 Å². The topological polar surface area (TPSA) is 138 Å². The molecular formula is C22H33N5O6S. The summed E-state index contributed by atoms with van der Waals surface area (Å²) in [4.78, 5) is 52.3.